The number of aliphatic hydroxyl groups excluding tert-OH is 1. The molecule has 0 radical (unpaired) electrons. The average Bonchev–Trinajstić information content (AvgIpc) is 2.73. The van der Waals surface area contributed by atoms with Crippen LogP contribution >= 0.6 is 11.3 Å². The molecule has 0 aliphatic heterocycles. The number of rotatable bonds is 2. The van der Waals surface area contributed by atoms with Crippen LogP contribution < -0.4 is 5.32 Å². The molecular formula is C14H19NO2S. The van der Waals surface area contributed by atoms with Crippen molar-refractivity contribution in [3.8, 4) is 11.8 Å². The summed E-state index contributed by atoms with van der Waals surface area (Å²) in [6.07, 6.45) is 0. The first-order valence-corrected chi connectivity index (χ1v) is 6.66. The van der Waals surface area contributed by atoms with Crippen LogP contribution in [-0.4, -0.2) is 23.7 Å². The maximum absolute atomic E-state index is 12.0. The topological polar surface area (TPSA) is 49.3 Å². The first kappa shape index (κ1) is 14.7. The van der Waals surface area contributed by atoms with E-state index in [-0.39, 0.29) is 24.0 Å². The third-order valence-corrected chi connectivity index (χ3v) is 3.77. The van der Waals surface area contributed by atoms with Crippen LogP contribution in [-0.2, 0) is 0 Å². The molecule has 1 aromatic heterocycles. The molecule has 3 nitrogen and oxygen atoms in total. The molecule has 0 aliphatic rings. The SMILES string of the molecule is CC(NC(=O)c1ccc(C#CCO)s1)C(C)(C)C. The molecule has 98 valence electrons. The Morgan fingerprint density at radius 2 is 2.17 bits per heavy atom. The molecule has 0 aliphatic carbocycles. The molecule has 18 heavy (non-hydrogen) atoms. The molecule has 1 amide bonds. The third kappa shape index (κ3) is 4.17. The van der Waals surface area contributed by atoms with E-state index in [1.165, 1.54) is 11.3 Å². The lowest BCUT2D eigenvalue weighted by molar-refractivity contribution is 0.0914. The van der Waals surface area contributed by atoms with Crippen LogP contribution in [0.2, 0.25) is 0 Å². The number of thiophene rings is 1. The zero-order chi connectivity index (χ0) is 13.8. The molecule has 0 aromatic carbocycles. The smallest absolute Gasteiger partial charge is 0.261 e. The zero-order valence-corrected chi connectivity index (χ0v) is 12.0. The van der Waals surface area contributed by atoms with Gasteiger partial charge in [-0.2, -0.15) is 0 Å². The maximum atomic E-state index is 12.0. The normalized spacial score (nSPS) is 12.5. The Hall–Kier alpha value is -1.31. The molecule has 2 N–H and O–H groups in total. The number of hydrogen-bond acceptors (Lipinski definition) is 3. The first-order valence-electron chi connectivity index (χ1n) is 5.85. The molecule has 1 heterocycles. The summed E-state index contributed by atoms with van der Waals surface area (Å²) >= 11 is 1.34. The fourth-order valence-corrected chi connectivity index (χ4v) is 1.92. The van der Waals surface area contributed by atoms with Crippen LogP contribution in [0.3, 0.4) is 0 Å². The van der Waals surface area contributed by atoms with Crippen LogP contribution in [0.5, 0.6) is 0 Å². The Bertz CT molecular complexity index is 474. The van der Waals surface area contributed by atoms with E-state index in [9.17, 15) is 4.79 Å². The van der Waals surface area contributed by atoms with Crippen LogP contribution in [0.4, 0.5) is 0 Å². The van der Waals surface area contributed by atoms with E-state index in [2.05, 4.69) is 37.9 Å². The predicted octanol–water partition coefficient (Wildman–Crippen LogP) is 2.26. The molecule has 1 aromatic rings. The van der Waals surface area contributed by atoms with E-state index in [4.69, 9.17) is 5.11 Å². The fraction of sp³-hybridized carbons (Fsp3) is 0.500. The fourth-order valence-electron chi connectivity index (χ4n) is 1.14. The summed E-state index contributed by atoms with van der Waals surface area (Å²) in [5.74, 6) is 5.29. The van der Waals surface area contributed by atoms with Gasteiger partial charge in [-0.3, -0.25) is 4.79 Å². The monoisotopic (exact) mass is 265 g/mol. The quantitative estimate of drug-likeness (QED) is 0.806. The largest absolute Gasteiger partial charge is 0.384 e. The minimum Gasteiger partial charge on any atom is -0.384 e. The Labute approximate surface area is 112 Å². The van der Waals surface area contributed by atoms with Crippen molar-refractivity contribution in [2.75, 3.05) is 6.61 Å². The van der Waals surface area contributed by atoms with Crippen molar-refractivity contribution < 1.29 is 9.90 Å². The van der Waals surface area contributed by atoms with Crippen molar-refractivity contribution in [2.24, 2.45) is 5.41 Å². The molecule has 0 spiro atoms. The molecule has 0 fully saturated rings. The second kappa shape index (κ2) is 6.03. The summed E-state index contributed by atoms with van der Waals surface area (Å²) in [7, 11) is 0. The number of hydrogen-bond donors (Lipinski definition) is 2. The van der Waals surface area contributed by atoms with Crippen molar-refractivity contribution in [1.29, 1.82) is 0 Å². The van der Waals surface area contributed by atoms with Crippen molar-refractivity contribution in [2.45, 2.75) is 33.7 Å². The van der Waals surface area contributed by atoms with Gasteiger partial charge in [0.25, 0.3) is 5.91 Å². The summed E-state index contributed by atoms with van der Waals surface area (Å²) in [4.78, 5) is 13.4. The van der Waals surface area contributed by atoms with Crippen LogP contribution in [0.25, 0.3) is 0 Å². The van der Waals surface area contributed by atoms with Gasteiger partial charge < -0.3 is 10.4 Å². The Morgan fingerprint density at radius 1 is 1.50 bits per heavy atom. The minimum absolute atomic E-state index is 0.0342. The summed E-state index contributed by atoms with van der Waals surface area (Å²) in [6.45, 7) is 8.10. The van der Waals surface area contributed by atoms with Crippen molar-refractivity contribution >= 4 is 17.2 Å². The van der Waals surface area contributed by atoms with Crippen molar-refractivity contribution in [1.82, 2.24) is 5.32 Å². The number of carbonyl (C=O) groups is 1. The van der Waals surface area contributed by atoms with Gasteiger partial charge in [-0.15, -0.1) is 11.3 Å². The molecule has 0 bridgehead atoms. The first-order chi connectivity index (χ1) is 8.34. The van der Waals surface area contributed by atoms with Crippen LogP contribution in [0.15, 0.2) is 12.1 Å². The van der Waals surface area contributed by atoms with Crippen molar-refractivity contribution in [3.63, 3.8) is 0 Å². The van der Waals surface area contributed by atoms with Gasteiger partial charge >= 0.3 is 0 Å². The second-order valence-electron chi connectivity index (χ2n) is 5.18. The Balaban J connectivity index is 2.71. The van der Waals surface area contributed by atoms with Gasteiger partial charge in [0.15, 0.2) is 0 Å². The van der Waals surface area contributed by atoms with Gasteiger partial charge in [-0.1, -0.05) is 32.6 Å². The molecule has 1 unspecified atom stereocenters. The maximum Gasteiger partial charge on any atom is 0.261 e. The second-order valence-corrected chi connectivity index (χ2v) is 6.27. The Morgan fingerprint density at radius 3 is 2.72 bits per heavy atom. The molecule has 0 saturated carbocycles. The lowest BCUT2D eigenvalue weighted by atomic mass is 9.88. The highest BCUT2D eigenvalue weighted by molar-refractivity contribution is 7.14. The minimum atomic E-state index is -0.166. The van der Waals surface area contributed by atoms with E-state index in [0.717, 1.165) is 4.88 Å². The van der Waals surface area contributed by atoms with Gasteiger partial charge in [0.05, 0.1) is 9.75 Å². The molecule has 4 heteroatoms. The van der Waals surface area contributed by atoms with Gasteiger partial charge in [0.1, 0.15) is 6.61 Å². The molecule has 0 saturated heterocycles. The van der Waals surface area contributed by atoms with E-state index >= 15 is 0 Å². The third-order valence-electron chi connectivity index (χ3n) is 2.77. The van der Waals surface area contributed by atoms with Gasteiger partial charge in [0, 0.05) is 6.04 Å². The summed E-state index contributed by atoms with van der Waals surface area (Å²) in [6, 6.07) is 3.65. The van der Waals surface area contributed by atoms with E-state index < -0.39 is 0 Å². The van der Waals surface area contributed by atoms with E-state index in [0.29, 0.717) is 4.88 Å². The number of nitrogens with one attached hydrogen (secondary N) is 1. The van der Waals surface area contributed by atoms with Crippen molar-refractivity contribution in [3.05, 3.63) is 21.9 Å². The lowest BCUT2D eigenvalue weighted by Gasteiger charge is -2.27. The zero-order valence-electron chi connectivity index (χ0n) is 11.2. The van der Waals surface area contributed by atoms with E-state index in [1.54, 1.807) is 12.1 Å². The summed E-state index contributed by atoms with van der Waals surface area (Å²) < 4.78 is 0. The summed E-state index contributed by atoms with van der Waals surface area (Å²) in [5.41, 5.74) is 0.0342. The number of aliphatic hydroxyl groups is 1. The van der Waals surface area contributed by atoms with Crippen LogP contribution in [0.1, 0.15) is 42.2 Å². The summed E-state index contributed by atoms with van der Waals surface area (Å²) in [5, 5.41) is 11.6. The standard InChI is InChI=1S/C14H19NO2S/c1-10(14(2,3)4)15-13(17)12-8-7-11(18-12)6-5-9-16/h7-8,10,16H,9H2,1-4H3,(H,15,17). The van der Waals surface area contributed by atoms with Gasteiger partial charge in [-0.25, -0.2) is 0 Å². The van der Waals surface area contributed by atoms with E-state index in [1.807, 2.05) is 6.92 Å². The number of amides is 1. The molecule has 1 rings (SSSR count). The highest BCUT2D eigenvalue weighted by atomic mass is 32.1. The predicted molar refractivity (Wildman–Crippen MR) is 74.7 cm³/mol. The Kier molecular flexibility index (Phi) is 4.94. The molecular weight excluding hydrogens is 246 g/mol. The van der Waals surface area contributed by atoms with Crippen LogP contribution in [0, 0.1) is 17.3 Å². The van der Waals surface area contributed by atoms with Gasteiger partial charge in [0.2, 0.25) is 0 Å². The lowest BCUT2D eigenvalue weighted by Crippen LogP contribution is -2.41. The highest BCUT2D eigenvalue weighted by Crippen LogP contribution is 2.20. The molecule has 1 atom stereocenters. The number of carbonyl (C=O) groups excluding carboxylic acids is 1. The average molecular weight is 265 g/mol. The van der Waals surface area contributed by atoms with Gasteiger partial charge in [-0.05, 0) is 24.5 Å². The highest BCUT2D eigenvalue weighted by Gasteiger charge is 2.22.